The zero-order valence-corrected chi connectivity index (χ0v) is 19.2. The molecule has 2 aliphatic rings. The van der Waals surface area contributed by atoms with Gasteiger partial charge in [0.1, 0.15) is 6.04 Å². The molecule has 1 aromatic rings. The fraction of sp³-hybridized carbons (Fsp3) is 0.625. The van der Waals surface area contributed by atoms with E-state index in [1.807, 2.05) is 55.7 Å². The summed E-state index contributed by atoms with van der Waals surface area (Å²) in [4.78, 5) is 42.5. The van der Waals surface area contributed by atoms with Gasteiger partial charge >= 0.3 is 6.03 Å². The number of nitrogens with one attached hydrogen (secondary N) is 2. The molecule has 31 heavy (non-hydrogen) atoms. The third-order valence-corrected chi connectivity index (χ3v) is 6.14. The van der Waals surface area contributed by atoms with E-state index in [0.717, 1.165) is 31.5 Å². The van der Waals surface area contributed by atoms with Crippen LogP contribution in [0.3, 0.4) is 0 Å². The number of hydrogen-bond acceptors (Lipinski definition) is 3. The van der Waals surface area contributed by atoms with Gasteiger partial charge in [-0.1, -0.05) is 18.2 Å². The van der Waals surface area contributed by atoms with Gasteiger partial charge in [0, 0.05) is 37.3 Å². The Balaban J connectivity index is 1.70. The minimum atomic E-state index is -0.557. The standard InChI is InChI=1S/C24H36N4O3/c1-17-9-5-6-10-19(17)21(29)25-20(22(30)27-13-7-8-14-27)18-11-15-28(16-12-18)23(31)26-24(2,3)4/h5-6,9-10,18,20H,7-8,11-16H2,1-4H3,(H,25,29)(H,26,31)/t20-/m1/s1. The predicted octanol–water partition coefficient (Wildman–Crippen LogP) is 2.94. The van der Waals surface area contributed by atoms with Crippen LogP contribution in [0.1, 0.15) is 62.4 Å². The van der Waals surface area contributed by atoms with Crippen molar-refractivity contribution in [3.8, 4) is 0 Å². The van der Waals surface area contributed by atoms with Crippen molar-refractivity contribution in [2.24, 2.45) is 5.92 Å². The van der Waals surface area contributed by atoms with Gasteiger partial charge in [0.05, 0.1) is 0 Å². The van der Waals surface area contributed by atoms with Gasteiger partial charge in [-0.3, -0.25) is 9.59 Å². The smallest absolute Gasteiger partial charge is 0.317 e. The minimum absolute atomic E-state index is 0.0111. The van der Waals surface area contributed by atoms with Gasteiger partial charge in [0.25, 0.3) is 5.91 Å². The number of hydrogen-bond donors (Lipinski definition) is 2. The summed E-state index contributed by atoms with van der Waals surface area (Å²) in [6.07, 6.45) is 3.40. The van der Waals surface area contributed by atoms with E-state index in [9.17, 15) is 14.4 Å². The number of nitrogens with zero attached hydrogens (tertiary/aromatic N) is 2. The van der Waals surface area contributed by atoms with Crippen LogP contribution in [0, 0.1) is 12.8 Å². The summed E-state index contributed by atoms with van der Waals surface area (Å²) < 4.78 is 0. The molecule has 7 nitrogen and oxygen atoms in total. The van der Waals surface area contributed by atoms with Crippen LogP contribution in [0.2, 0.25) is 0 Å². The molecule has 0 saturated carbocycles. The van der Waals surface area contributed by atoms with Crippen molar-refractivity contribution in [3.63, 3.8) is 0 Å². The van der Waals surface area contributed by atoms with Crippen LogP contribution in [0.25, 0.3) is 0 Å². The zero-order valence-electron chi connectivity index (χ0n) is 19.2. The van der Waals surface area contributed by atoms with Crippen LogP contribution in [0.5, 0.6) is 0 Å². The average molecular weight is 429 g/mol. The summed E-state index contributed by atoms with van der Waals surface area (Å²) >= 11 is 0. The highest BCUT2D eigenvalue weighted by Crippen LogP contribution is 2.24. The molecule has 4 amide bonds. The lowest BCUT2D eigenvalue weighted by atomic mass is 9.88. The van der Waals surface area contributed by atoms with Crippen LogP contribution in [0.4, 0.5) is 4.79 Å². The molecule has 7 heteroatoms. The lowest BCUT2D eigenvalue weighted by Crippen LogP contribution is -2.56. The number of carbonyl (C=O) groups is 3. The predicted molar refractivity (Wildman–Crippen MR) is 121 cm³/mol. The number of likely N-dealkylation sites (tertiary alicyclic amines) is 2. The Kier molecular flexibility index (Phi) is 7.23. The molecule has 3 rings (SSSR count). The zero-order chi connectivity index (χ0) is 22.6. The second-order valence-electron chi connectivity index (χ2n) is 9.80. The van der Waals surface area contributed by atoms with Gasteiger partial charge in [-0.15, -0.1) is 0 Å². The molecule has 2 fully saturated rings. The monoisotopic (exact) mass is 428 g/mol. The number of rotatable bonds is 4. The first-order valence-electron chi connectivity index (χ1n) is 11.4. The summed E-state index contributed by atoms with van der Waals surface area (Å²) in [6.45, 7) is 10.5. The summed E-state index contributed by atoms with van der Waals surface area (Å²) in [5.41, 5.74) is 1.20. The third kappa shape index (κ3) is 5.99. The van der Waals surface area contributed by atoms with Crippen molar-refractivity contribution in [1.29, 1.82) is 0 Å². The Morgan fingerprint density at radius 1 is 0.968 bits per heavy atom. The van der Waals surface area contributed by atoms with Gasteiger partial charge < -0.3 is 20.4 Å². The molecule has 1 atom stereocenters. The first kappa shape index (κ1) is 23.1. The van der Waals surface area contributed by atoms with E-state index in [0.29, 0.717) is 31.5 Å². The molecule has 0 bridgehead atoms. The molecule has 0 unspecified atom stereocenters. The van der Waals surface area contributed by atoms with E-state index in [-0.39, 0.29) is 29.3 Å². The van der Waals surface area contributed by atoms with Gasteiger partial charge in [-0.2, -0.15) is 0 Å². The number of aryl methyl sites for hydroxylation is 1. The van der Waals surface area contributed by atoms with Crippen LogP contribution in [0.15, 0.2) is 24.3 Å². The highest BCUT2D eigenvalue weighted by molar-refractivity contribution is 5.98. The first-order valence-corrected chi connectivity index (χ1v) is 11.4. The van der Waals surface area contributed by atoms with Gasteiger partial charge in [-0.25, -0.2) is 4.79 Å². The summed E-state index contributed by atoms with van der Waals surface area (Å²) in [5, 5.41) is 6.06. The lowest BCUT2D eigenvalue weighted by molar-refractivity contribution is -0.134. The number of benzene rings is 1. The number of carbonyl (C=O) groups excluding carboxylic acids is 3. The van der Waals surface area contributed by atoms with Crippen LogP contribution < -0.4 is 10.6 Å². The van der Waals surface area contributed by atoms with Crippen LogP contribution >= 0.6 is 0 Å². The quantitative estimate of drug-likeness (QED) is 0.774. The maximum absolute atomic E-state index is 13.3. The van der Waals surface area contributed by atoms with E-state index >= 15 is 0 Å². The molecule has 2 N–H and O–H groups in total. The highest BCUT2D eigenvalue weighted by Gasteiger charge is 2.37. The maximum Gasteiger partial charge on any atom is 0.317 e. The van der Waals surface area contributed by atoms with E-state index in [2.05, 4.69) is 10.6 Å². The van der Waals surface area contributed by atoms with Crippen molar-refractivity contribution in [2.75, 3.05) is 26.2 Å². The second-order valence-corrected chi connectivity index (χ2v) is 9.80. The van der Waals surface area contributed by atoms with Gasteiger partial charge in [-0.05, 0) is 70.9 Å². The third-order valence-electron chi connectivity index (χ3n) is 6.14. The summed E-state index contributed by atoms with van der Waals surface area (Å²) in [7, 11) is 0. The van der Waals surface area contributed by atoms with Crippen molar-refractivity contribution in [3.05, 3.63) is 35.4 Å². The Labute approximate surface area is 185 Å². The van der Waals surface area contributed by atoms with E-state index < -0.39 is 6.04 Å². The Bertz CT molecular complexity index is 803. The molecule has 2 saturated heterocycles. The lowest BCUT2D eigenvalue weighted by Gasteiger charge is -2.38. The number of amides is 4. The first-order chi connectivity index (χ1) is 14.7. The molecule has 2 aliphatic heterocycles. The van der Waals surface area contributed by atoms with E-state index in [4.69, 9.17) is 0 Å². The Morgan fingerprint density at radius 3 is 2.16 bits per heavy atom. The van der Waals surface area contributed by atoms with E-state index in [1.165, 1.54) is 0 Å². The normalized spacial score (nSPS) is 18.6. The van der Waals surface area contributed by atoms with Crippen LogP contribution in [-0.4, -0.2) is 65.4 Å². The van der Waals surface area contributed by atoms with Crippen molar-refractivity contribution < 1.29 is 14.4 Å². The molecule has 0 spiro atoms. The number of urea groups is 1. The van der Waals surface area contributed by atoms with Gasteiger partial charge in [0.15, 0.2) is 0 Å². The molecular formula is C24H36N4O3. The fourth-order valence-corrected chi connectivity index (χ4v) is 4.40. The molecular weight excluding hydrogens is 392 g/mol. The highest BCUT2D eigenvalue weighted by atomic mass is 16.2. The fourth-order valence-electron chi connectivity index (χ4n) is 4.40. The molecule has 0 radical (unpaired) electrons. The average Bonchev–Trinajstić information content (AvgIpc) is 3.25. The van der Waals surface area contributed by atoms with Crippen molar-refractivity contribution in [1.82, 2.24) is 20.4 Å². The second kappa shape index (κ2) is 9.71. The summed E-state index contributed by atoms with van der Waals surface area (Å²) in [6, 6.07) is 6.80. The minimum Gasteiger partial charge on any atom is -0.341 e. The van der Waals surface area contributed by atoms with E-state index in [1.54, 1.807) is 6.07 Å². The Morgan fingerprint density at radius 2 is 1.58 bits per heavy atom. The maximum atomic E-state index is 13.3. The van der Waals surface area contributed by atoms with Gasteiger partial charge in [0.2, 0.25) is 5.91 Å². The SMILES string of the molecule is Cc1ccccc1C(=O)N[C@@H](C(=O)N1CCCC1)C1CCN(C(=O)NC(C)(C)C)CC1. The molecule has 0 aliphatic carbocycles. The van der Waals surface area contributed by atoms with Crippen LogP contribution in [-0.2, 0) is 4.79 Å². The topological polar surface area (TPSA) is 81.8 Å². The largest absolute Gasteiger partial charge is 0.341 e. The number of piperidine rings is 1. The molecule has 0 aromatic heterocycles. The summed E-state index contributed by atoms with van der Waals surface area (Å²) in [5.74, 6) is -0.180. The van der Waals surface area contributed by atoms with Crippen molar-refractivity contribution >= 4 is 17.8 Å². The molecule has 2 heterocycles. The molecule has 1 aromatic carbocycles. The Hall–Kier alpha value is -2.57. The van der Waals surface area contributed by atoms with Crippen molar-refractivity contribution in [2.45, 2.75) is 65.0 Å². The molecule has 170 valence electrons.